The number of nitrogens with two attached hydrogens (primary N) is 1. The van der Waals surface area contributed by atoms with Crippen molar-refractivity contribution in [3.05, 3.63) is 57.8 Å². The first-order valence-electron chi connectivity index (χ1n) is 9.66. The van der Waals surface area contributed by atoms with Gasteiger partial charge in [0.15, 0.2) is 5.78 Å². The molecule has 4 rings (SSSR count). The number of rotatable bonds is 4. The molecule has 0 saturated carbocycles. The summed E-state index contributed by atoms with van der Waals surface area (Å²) in [4.78, 5) is 20.0. The number of Topliss-reactive ketones (excluding diaryl/α,β-unsaturated/α-hetero) is 1. The number of pyridine rings is 1. The second-order valence-corrected chi connectivity index (χ2v) is 8.43. The molecule has 1 fully saturated rings. The molecule has 0 atom stereocenters. The number of aromatic nitrogens is 2. The van der Waals surface area contributed by atoms with Gasteiger partial charge in [-0.15, -0.1) is 0 Å². The molecule has 0 spiro atoms. The Labute approximate surface area is 178 Å². The van der Waals surface area contributed by atoms with Crippen molar-refractivity contribution in [2.45, 2.75) is 25.8 Å². The molecule has 0 bridgehead atoms. The topological polar surface area (TPSA) is 87.9 Å². The summed E-state index contributed by atoms with van der Waals surface area (Å²) in [5.41, 5.74) is 10.6. The Bertz CT molecular complexity index is 1100. The normalized spacial score (nSPS) is 15.5. The Morgan fingerprint density at radius 1 is 1.31 bits per heavy atom. The molecule has 1 saturated heterocycles. The van der Waals surface area contributed by atoms with E-state index in [1.807, 2.05) is 29.7 Å². The van der Waals surface area contributed by atoms with Gasteiger partial charge in [-0.05, 0) is 66.0 Å². The monoisotopic (exact) mass is 451 g/mol. The van der Waals surface area contributed by atoms with Crippen LogP contribution in [0.4, 0.5) is 0 Å². The van der Waals surface area contributed by atoms with Gasteiger partial charge in [-0.1, -0.05) is 0 Å². The van der Waals surface area contributed by atoms with Gasteiger partial charge in [0.2, 0.25) is 0 Å². The van der Waals surface area contributed by atoms with E-state index >= 15 is 0 Å². The molecule has 1 aliphatic heterocycles. The van der Waals surface area contributed by atoms with Gasteiger partial charge in [0.05, 0.1) is 34.8 Å². The van der Waals surface area contributed by atoms with Crippen LogP contribution >= 0.6 is 15.9 Å². The number of benzene rings is 1. The summed E-state index contributed by atoms with van der Waals surface area (Å²) in [7, 11) is 0. The molecule has 0 aliphatic carbocycles. The minimum Gasteiger partial charge on any atom is -0.328 e. The Morgan fingerprint density at radius 3 is 2.66 bits per heavy atom. The molecule has 3 aromatic rings. The zero-order chi connectivity index (χ0) is 20.5. The number of fused-ring (bicyclic) bond motifs is 1. The molecule has 7 heteroatoms. The second kappa shape index (κ2) is 8.07. The summed E-state index contributed by atoms with van der Waals surface area (Å²) >= 11 is 3.49. The first-order valence-corrected chi connectivity index (χ1v) is 10.5. The fourth-order valence-corrected chi connectivity index (χ4v) is 4.32. The lowest BCUT2D eigenvalue weighted by molar-refractivity contribution is 0.0910. The van der Waals surface area contributed by atoms with Crippen molar-refractivity contribution in [2.75, 3.05) is 19.6 Å². The fraction of sp³-hybridized carbons (Fsp3) is 0.318. The van der Waals surface area contributed by atoms with Crippen LogP contribution < -0.4 is 5.73 Å². The summed E-state index contributed by atoms with van der Waals surface area (Å²) in [5.74, 6) is 0.0742. The van der Waals surface area contributed by atoms with Gasteiger partial charge in [-0.25, -0.2) is 0 Å². The van der Waals surface area contributed by atoms with Gasteiger partial charge in [-0.3, -0.25) is 14.7 Å². The van der Waals surface area contributed by atoms with Crippen molar-refractivity contribution in [1.29, 1.82) is 5.26 Å². The predicted octanol–water partition coefficient (Wildman–Crippen LogP) is 3.57. The highest BCUT2D eigenvalue weighted by Gasteiger charge is 2.25. The number of hydrogen-bond donors (Lipinski definition) is 1. The van der Waals surface area contributed by atoms with Crippen LogP contribution in [0.15, 0.2) is 41.0 Å². The molecular formula is C22H22BrN5O. The largest absolute Gasteiger partial charge is 0.328 e. The Hall–Kier alpha value is -2.53. The van der Waals surface area contributed by atoms with E-state index in [4.69, 9.17) is 11.0 Å². The van der Waals surface area contributed by atoms with Gasteiger partial charge in [0, 0.05) is 41.2 Å². The highest BCUT2D eigenvalue weighted by atomic mass is 79.9. The minimum atomic E-state index is 0.0742. The summed E-state index contributed by atoms with van der Waals surface area (Å²) in [5, 5.41) is 9.08. The van der Waals surface area contributed by atoms with Crippen molar-refractivity contribution in [1.82, 2.24) is 14.5 Å². The molecule has 1 aliphatic rings. The fourth-order valence-electron chi connectivity index (χ4n) is 4.00. The van der Waals surface area contributed by atoms with Crippen LogP contribution in [0.5, 0.6) is 0 Å². The van der Waals surface area contributed by atoms with Gasteiger partial charge in [-0.2, -0.15) is 5.26 Å². The first-order chi connectivity index (χ1) is 14.0. The van der Waals surface area contributed by atoms with E-state index in [-0.39, 0.29) is 11.8 Å². The molecular weight excluding hydrogens is 430 g/mol. The lowest BCUT2D eigenvalue weighted by atomic mass is 10.0. The van der Waals surface area contributed by atoms with Crippen molar-refractivity contribution in [3.8, 4) is 11.8 Å². The maximum atomic E-state index is 13.3. The maximum absolute atomic E-state index is 13.3. The van der Waals surface area contributed by atoms with Gasteiger partial charge in [0.25, 0.3) is 0 Å². The van der Waals surface area contributed by atoms with E-state index in [2.05, 4.69) is 31.9 Å². The number of ketones is 1. The summed E-state index contributed by atoms with van der Waals surface area (Å²) in [6.45, 7) is 4.02. The maximum Gasteiger partial charge on any atom is 0.180 e. The van der Waals surface area contributed by atoms with E-state index in [1.165, 1.54) is 0 Å². The highest BCUT2D eigenvalue weighted by molar-refractivity contribution is 9.10. The number of carbonyl (C=O) groups is 1. The van der Waals surface area contributed by atoms with Crippen LogP contribution in [0.3, 0.4) is 0 Å². The van der Waals surface area contributed by atoms with E-state index in [1.54, 1.807) is 18.3 Å². The van der Waals surface area contributed by atoms with Crippen LogP contribution in [0.1, 0.15) is 34.5 Å². The Morgan fingerprint density at radius 2 is 2.00 bits per heavy atom. The van der Waals surface area contributed by atoms with Crippen molar-refractivity contribution in [2.24, 2.45) is 5.73 Å². The Kier molecular flexibility index (Phi) is 5.50. The van der Waals surface area contributed by atoms with Crippen LogP contribution in [0.2, 0.25) is 0 Å². The molecule has 0 amide bonds. The minimum absolute atomic E-state index is 0.0742. The standard InChI is InChI=1S/C22H22BrN5O/c1-14-21(20(29)13-27-8-6-17(25)7-9-27)22-19(10-16(23)12-26-22)28(14)18-4-2-15(11-24)3-5-18/h2-5,10,12,17H,6-9,13,25H2,1H3. The zero-order valence-electron chi connectivity index (χ0n) is 16.2. The Balaban J connectivity index is 1.77. The lowest BCUT2D eigenvalue weighted by Gasteiger charge is -2.29. The van der Waals surface area contributed by atoms with E-state index in [0.717, 1.165) is 47.3 Å². The predicted molar refractivity (Wildman–Crippen MR) is 116 cm³/mol. The molecule has 6 nitrogen and oxygen atoms in total. The second-order valence-electron chi connectivity index (χ2n) is 7.51. The van der Waals surface area contributed by atoms with Crippen LogP contribution in [-0.4, -0.2) is 45.9 Å². The molecule has 3 heterocycles. The molecule has 2 N–H and O–H groups in total. The van der Waals surface area contributed by atoms with Gasteiger partial charge >= 0.3 is 0 Å². The molecule has 0 radical (unpaired) electrons. The van der Waals surface area contributed by atoms with E-state index in [0.29, 0.717) is 23.2 Å². The number of nitriles is 1. The summed E-state index contributed by atoms with van der Waals surface area (Å²) in [6, 6.07) is 11.7. The number of carbonyl (C=O) groups excluding carboxylic acids is 1. The highest BCUT2D eigenvalue weighted by Crippen LogP contribution is 2.30. The average molecular weight is 452 g/mol. The quantitative estimate of drug-likeness (QED) is 0.612. The van der Waals surface area contributed by atoms with Crippen molar-refractivity contribution < 1.29 is 4.79 Å². The molecule has 29 heavy (non-hydrogen) atoms. The number of nitrogens with zero attached hydrogens (tertiary/aromatic N) is 4. The number of likely N-dealkylation sites (tertiary alicyclic amines) is 1. The third kappa shape index (κ3) is 3.84. The lowest BCUT2D eigenvalue weighted by Crippen LogP contribution is -2.42. The summed E-state index contributed by atoms with van der Waals surface area (Å²) < 4.78 is 2.88. The molecule has 1 aromatic carbocycles. The van der Waals surface area contributed by atoms with Crippen LogP contribution in [0.25, 0.3) is 16.7 Å². The third-order valence-corrected chi connectivity index (χ3v) is 5.98. The SMILES string of the molecule is Cc1c(C(=O)CN2CCC(N)CC2)c2ncc(Br)cc2n1-c1ccc(C#N)cc1. The van der Waals surface area contributed by atoms with Crippen molar-refractivity contribution >= 4 is 32.7 Å². The van der Waals surface area contributed by atoms with E-state index in [9.17, 15) is 4.79 Å². The molecule has 0 unspecified atom stereocenters. The average Bonchev–Trinajstić information content (AvgIpc) is 3.01. The van der Waals surface area contributed by atoms with Gasteiger partial charge in [0.1, 0.15) is 0 Å². The van der Waals surface area contributed by atoms with Crippen LogP contribution in [-0.2, 0) is 0 Å². The summed E-state index contributed by atoms with van der Waals surface area (Å²) in [6.07, 6.45) is 3.57. The van der Waals surface area contributed by atoms with Crippen molar-refractivity contribution in [3.63, 3.8) is 0 Å². The van der Waals surface area contributed by atoms with Gasteiger partial charge < -0.3 is 10.3 Å². The first kappa shape index (κ1) is 19.8. The van der Waals surface area contributed by atoms with E-state index < -0.39 is 0 Å². The molecule has 148 valence electrons. The molecule has 2 aromatic heterocycles. The number of piperidine rings is 1. The zero-order valence-corrected chi connectivity index (χ0v) is 17.8. The smallest absolute Gasteiger partial charge is 0.180 e. The third-order valence-electron chi connectivity index (χ3n) is 5.54. The number of halogens is 1. The van der Waals surface area contributed by atoms with Crippen LogP contribution in [0, 0.1) is 18.3 Å². The number of hydrogen-bond acceptors (Lipinski definition) is 5.